The van der Waals surface area contributed by atoms with Gasteiger partial charge in [0, 0.05) is 17.8 Å². The van der Waals surface area contributed by atoms with Gasteiger partial charge in [-0.25, -0.2) is 0 Å². The van der Waals surface area contributed by atoms with Crippen molar-refractivity contribution >= 4 is 28.0 Å². The molecule has 0 aliphatic carbocycles. The van der Waals surface area contributed by atoms with Crippen LogP contribution in [-0.4, -0.2) is 30.2 Å². The van der Waals surface area contributed by atoms with Crippen LogP contribution in [0.1, 0.15) is 0 Å². The molecule has 0 saturated carbocycles. The summed E-state index contributed by atoms with van der Waals surface area (Å²) in [7, 11) is 0. The molecule has 3 aromatic rings. The zero-order valence-electron chi connectivity index (χ0n) is 6.79. The first-order valence-corrected chi connectivity index (χ1v) is 4.21. The molecule has 6 nitrogen and oxygen atoms in total. The highest BCUT2D eigenvalue weighted by Gasteiger charge is 2.08. The van der Waals surface area contributed by atoms with Gasteiger partial charge in [-0.3, -0.25) is 4.98 Å². The number of hydrogen-bond donors (Lipinski definition) is 0. The highest BCUT2D eigenvalue weighted by atomic mass is 35.5. The van der Waals surface area contributed by atoms with Crippen LogP contribution in [-0.2, 0) is 0 Å². The quantitative estimate of drug-likeness (QED) is 0.542. The Morgan fingerprint density at radius 1 is 1.29 bits per heavy atom. The molecule has 0 aliphatic heterocycles. The van der Waals surface area contributed by atoms with E-state index in [2.05, 4.69) is 25.6 Å². The molecule has 68 valence electrons. The van der Waals surface area contributed by atoms with Crippen molar-refractivity contribution in [1.82, 2.24) is 30.2 Å². The minimum Gasteiger partial charge on any atom is -0.264 e. The lowest BCUT2D eigenvalue weighted by Crippen LogP contribution is -1.96. The third kappa shape index (κ3) is 0.882. The maximum Gasteiger partial charge on any atom is 0.209 e. The van der Waals surface area contributed by atoms with Gasteiger partial charge in [-0.05, 0) is 16.5 Å². The molecule has 0 bridgehead atoms. The predicted octanol–water partition coefficient (Wildman–Crippen LogP) is 0.721. The molecule has 3 heterocycles. The SMILES string of the molecule is Clc1nn2nnnc2c2cnccc12. The van der Waals surface area contributed by atoms with Gasteiger partial charge in [-0.15, -0.1) is 14.8 Å². The van der Waals surface area contributed by atoms with Crippen molar-refractivity contribution in [3.05, 3.63) is 23.6 Å². The monoisotopic (exact) mass is 206 g/mol. The van der Waals surface area contributed by atoms with Gasteiger partial charge in [-0.1, -0.05) is 11.6 Å². The zero-order valence-corrected chi connectivity index (χ0v) is 7.55. The summed E-state index contributed by atoms with van der Waals surface area (Å²) in [6, 6.07) is 1.78. The highest BCUT2D eigenvalue weighted by Crippen LogP contribution is 2.21. The number of hydrogen-bond acceptors (Lipinski definition) is 5. The number of tetrazole rings is 1. The predicted molar refractivity (Wildman–Crippen MR) is 48.9 cm³/mol. The first kappa shape index (κ1) is 7.57. The van der Waals surface area contributed by atoms with E-state index >= 15 is 0 Å². The van der Waals surface area contributed by atoms with E-state index in [9.17, 15) is 0 Å². The molecule has 7 heteroatoms. The Labute approximate surface area is 82.5 Å². The van der Waals surface area contributed by atoms with Crippen molar-refractivity contribution in [2.75, 3.05) is 0 Å². The number of pyridine rings is 1. The third-order valence-corrected chi connectivity index (χ3v) is 2.20. The van der Waals surface area contributed by atoms with Gasteiger partial charge in [0.05, 0.1) is 5.39 Å². The first-order valence-electron chi connectivity index (χ1n) is 3.84. The van der Waals surface area contributed by atoms with Crippen LogP contribution in [0, 0.1) is 0 Å². The number of aromatic nitrogens is 6. The molecule has 0 atom stereocenters. The van der Waals surface area contributed by atoms with Crippen LogP contribution in [0.15, 0.2) is 18.5 Å². The molecule has 0 aliphatic rings. The molecule has 0 fully saturated rings. The Bertz CT molecular complexity index is 618. The van der Waals surface area contributed by atoms with Crippen LogP contribution in [0.3, 0.4) is 0 Å². The lowest BCUT2D eigenvalue weighted by Gasteiger charge is -1.98. The smallest absolute Gasteiger partial charge is 0.209 e. The van der Waals surface area contributed by atoms with Crippen LogP contribution in [0.5, 0.6) is 0 Å². The highest BCUT2D eigenvalue weighted by molar-refractivity contribution is 6.34. The van der Waals surface area contributed by atoms with E-state index in [0.29, 0.717) is 10.8 Å². The van der Waals surface area contributed by atoms with Crippen molar-refractivity contribution in [2.24, 2.45) is 0 Å². The van der Waals surface area contributed by atoms with Crippen LogP contribution in [0.25, 0.3) is 16.4 Å². The van der Waals surface area contributed by atoms with E-state index in [-0.39, 0.29) is 0 Å². The number of fused-ring (bicyclic) bond motifs is 3. The van der Waals surface area contributed by atoms with Gasteiger partial charge in [0.1, 0.15) is 0 Å². The van der Waals surface area contributed by atoms with E-state index in [0.717, 1.165) is 10.8 Å². The van der Waals surface area contributed by atoms with Gasteiger partial charge in [0.2, 0.25) is 5.65 Å². The van der Waals surface area contributed by atoms with E-state index in [1.165, 1.54) is 4.63 Å². The van der Waals surface area contributed by atoms with Gasteiger partial charge in [0.15, 0.2) is 5.15 Å². The summed E-state index contributed by atoms with van der Waals surface area (Å²) in [6.07, 6.45) is 3.31. The Morgan fingerprint density at radius 3 is 3.14 bits per heavy atom. The molecular formula is C7H3ClN6. The minimum atomic E-state index is 0.363. The standard InChI is InChI=1S/C7H3ClN6/c8-6-4-1-2-9-3-5(4)7-10-12-13-14(7)11-6/h1-3H. The summed E-state index contributed by atoms with van der Waals surface area (Å²) in [5, 5.41) is 16.9. The molecule has 0 aromatic carbocycles. The fourth-order valence-electron chi connectivity index (χ4n) is 1.30. The Balaban J connectivity index is 2.67. The summed E-state index contributed by atoms with van der Waals surface area (Å²) in [4.78, 5) is 3.99. The topological polar surface area (TPSA) is 68.9 Å². The van der Waals surface area contributed by atoms with Crippen molar-refractivity contribution in [1.29, 1.82) is 0 Å². The van der Waals surface area contributed by atoms with Crippen LogP contribution < -0.4 is 0 Å². The molecule has 3 rings (SSSR count). The Kier molecular flexibility index (Phi) is 1.40. The normalized spacial score (nSPS) is 11.2. The Morgan fingerprint density at radius 2 is 2.21 bits per heavy atom. The maximum absolute atomic E-state index is 5.94. The summed E-state index contributed by atoms with van der Waals surface area (Å²) in [5.74, 6) is 0. The van der Waals surface area contributed by atoms with E-state index in [1.54, 1.807) is 18.5 Å². The number of halogens is 1. The number of rotatable bonds is 0. The fraction of sp³-hybridized carbons (Fsp3) is 0. The fourth-order valence-corrected chi connectivity index (χ4v) is 1.54. The molecule has 0 spiro atoms. The second-order valence-corrected chi connectivity index (χ2v) is 3.06. The van der Waals surface area contributed by atoms with Crippen LogP contribution in [0.2, 0.25) is 5.15 Å². The van der Waals surface area contributed by atoms with E-state index < -0.39 is 0 Å². The lowest BCUT2D eigenvalue weighted by atomic mass is 10.2. The summed E-state index contributed by atoms with van der Waals surface area (Å²) < 4.78 is 1.28. The van der Waals surface area contributed by atoms with Crippen molar-refractivity contribution in [3.63, 3.8) is 0 Å². The number of nitrogens with zero attached hydrogens (tertiary/aromatic N) is 6. The zero-order chi connectivity index (χ0) is 9.54. The molecule has 0 unspecified atom stereocenters. The minimum absolute atomic E-state index is 0.363. The second kappa shape index (κ2) is 2.58. The molecular weight excluding hydrogens is 204 g/mol. The largest absolute Gasteiger partial charge is 0.264 e. The van der Waals surface area contributed by atoms with Crippen molar-refractivity contribution in [2.45, 2.75) is 0 Å². The van der Waals surface area contributed by atoms with Crippen molar-refractivity contribution < 1.29 is 0 Å². The molecule has 14 heavy (non-hydrogen) atoms. The first-order chi connectivity index (χ1) is 6.86. The van der Waals surface area contributed by atoms with Gasteiger partial charge in [0.25, 0.3) is 0 Å². The van der Waals surface area contributed by atoms with Crippen molar-refractivity contribution in [3.8, 4) is 0 Å². The van der Waals surface area contributed by atoms with Crippen LogP contribution >= 0.6 is 11.6 Å². The van der Waals surface area contributed by atoms with Crippen LogP contribution in [0.4, 0.5) is 0 Å². The van der Waals surface area contributed by atoms with Gasteiger partial charge < -0.3 is 0 Å². The summed E-state index contributed by atoms with van der Waals surface area (Å²) in [6.45, 7) is 0. The summed E-state index contributed by atoms with van der Waals surface area (Å²) >= 11 is 5.94. The lowest BCUT2D eigenvalue weighted by molar-refractivity contribution is 0.736. The van der Waals surface area contributed by atoms with E-state index in [1.807, 2.05) is 0 Å². The average Bonchev–Trinajstić information content (AvgIpc) is 2.66. The molecule has 3 aromatic heterocycles. The average molecular weight is 207 g/mol. The summed E-state index contributed by atoms with van der Waals surface area (Å²) in [5.41, 5.74) is 0.553. The van der Waals surface area contributed by atoms with Gasteiger partial charge in [-0.2, -0.15) is 0 Å². The maximum atomic E-state index is 5.94. The molecule has 0 amide bonds. The molecule has 0 radical (unpaired) electrons. The molecule has 0 saturated heterocycles. The van der Waals surface area contributed by atoms with E-state index in [4.69, 9.17) is 11.6 Å². The van der Waals surface area contributed by atoms with Gasteiger partial charge >= 0.3 is 0 Å². The molecule has 0 N–H and O–H groups in total. The Hall–Kier alpha value is -1.82. The third-order valence-electron chi connectivity index (χ3n) is 1.92. The second-order valence-electron chi connectivity index (χ2n) is 2.70.